The van der Waals surface area contributed by atoms with Gasteiger partial charge >= 0.3 is 0 Å². The summed E-state index contributed by atoms with van der Waals surface area (Å²) in [6.07, 6.45) is 1.67. The van der Waals surface area contributed by atoms with Crippen molar-refractivity contribution >= 4 is 5.91 Å². The van der Waals surface area contributed by atoms with Crippen molar-refractivity contribution in [2.75, 3.05) is 7.05 Å². The van der Waals surface area contributed by atoms with Crippen molar-refractivity contribution in [3.8, 4) is 0 Å². The zero-order valence-electron chi connectivity index (χ0n) is 13.4. The van der Waals surface area contributed by atoms with Gasteiger partial charge in [0.25, 0.3) is 0 Å². The molecule has 1 atom stereocenters. The van der Waals surface area contributed by atoms with Gasteiger partial charge in [0.05, 0.1) is 6.04 Å². The zero-order valence-corrected chi connectivity index (χ0v) is 13.4. The summed E-state index contributed by atoms with van der Waals surface area (Å²) in [6.45, 7) is 9.24. The summed E-state index contributed by atoms with van der Waals surface area (Å²) in [5.41, 5.74) is 8.47. The summed E-state index contributed by atoms with van der Waals surface area (Å²) in [5, 5.41) is 0. The van der Waals surface area contributed by atoms with E-state index in [0.717, 1.165) is 18.4 Å². The summed E-state index contributed by atoms with van der Waals surface area (Å²) >= 11 is 0. The smallest absolute Gasteiger partial charge is 0.239 e. The monoisotopic (exact) mass is 276 g/mol. The molecule has 0 fully saturated rings. The van der Waals surface area contributed by atoms with E-state index in [0.29, 0.717) is 6.54 Å². The maximum absolute atomic E-state index is 12.1. The molecule has 0 aromatic heterocycles. The molecule has 0 aliphatic heterocycles. The Hall–Kier alpha value is -1.35. The number of rotatable bonds is 5. The first-order valence-corrected chi connectivity index (χ1v) is 7.35. The Bertz CT molecular complexity index is 431. The van der Waals surface area contributed by atoms with Crippen LogP contribution in [0.5, 0.6) is 0 Å². The number of benzene rings is 1. The van der Waals surface area contributed by atoms with Gasteiger partial charge in [-0.25, -0.2) is 0 Å². The van der Waals surface area contributed by atoms with Crippen LogP contribution in [0.15, 0.2) is 24.3 Å². The van der Waals surface area contributed by atoms with Gasteiger partial charge in [-0.15, -0.1) is 0 Å². The quantitative estimate of drug-likeness (QED) is 0.898. The molecule has 1 rings (SSSR count). The Balaban J connectivity index is 2.67. The van der Waals surface area contributed by atoms with Crippen LogP contribution in [-0.2, 0) is 16.8 Å². The third-order valence-corrected chi connectivity index (χ3v) is 3.53. The lowest BCUT2D eigenvalue weighted by atomic mass is 9.87. The molecule has 20 heavy (non-hydrogen) atoms. The fraction of sp³-hybridized carbons (Fsp3) is 0.588. The highest BCUT2D eigenvalue weighted by molar-refractivity contribution is 5.81. The van der Waals surface area contributed by atoms with E-state index in [-0.39, 0.29) is 17.4 Å². The molecule has 3 heteroatoms. The average Bonchev–Trinajstić information content (AvgIpc) is 2.37. The molecule has 0 heterocycles. The van der Waals surface area contributed by atoms with Crippen LogP contribution >= 0.6 is 0 Å². The number of hydrogen-bond donors (Lipinski definition) is 1. The first-order chi connectivity index (χ1) is 9.25. The molecule has 1 amide bonds. The summed E-state index contributed by atoms with van der Waals surface area (Å²) in [4.78, 5) is 13.8. The summed E-state index contributed by atoms with van der Waals surface area (Å²) in [6, 6.07) is 8.09. The van der Waals surface area contributed by atoms with Crippen LogP contribution in [0.1, 0.15) is 51.7 Å². The molecule has 0 spiro atoms. The highest BCUT2D eigenvalue weighted by atomic mass is 16.2. The van der Waals surface area contributed by atoms with Crippen molar-refractivity contribution in [3.05, 3.63) is 35.4 Å². The molecule has 0 radical (unpaired) electrons. The fourth-order valence-corrected chi connectivity index (χ4v) is 2.18. The minimum absolute atomic E-state index is 0.0201. The van der Waals surface area contributed by atoms with Gasteiger partial charge in [0.15, 0.2) is 0 Å². The second-order valence-corrected chi connectivity index (χ2v) is 6.54. The van der Waals surface area contributed by atoms with Gasteiger partial charge < -0.3 is 10.6 Å². The molecular formula is C17H28N2O. The largest absolute Gasteiger partial charge is 0.340 e. The third kappa shape index (κ3) is 4.64. The second-order valence-electron chi connectivity index (χ2n) is 6.54. The van der Waals surface area contributed by atoms with Crippen LogP contribution < -0.4 is 5.73 Å². The lowest BCUT2D eigenvalue weighted by molar-refractivity contribution is -0.131. The maximum atomic E-state index is 12.1. The van der Waals surface area contributed by atoms with Crippen LogP contribution in [0.2, 0.25) is 0 Å². The molecule has 2 N–H and O–H groups in total. The van der Waals surface area contributed by atoms with E-state index in [1.54, 1.807) is 4.90 Å². The fourth-order valence-electron chi connectivity index (χ4n) is 2.18. The highest BCUT2D eigenvalue weighted by Crippen LogP contribution is 2.22. The van der Waals surface area contributed by atoms with Crippen molar-refractivity contribution < 1.29 is 4.79 Å². The normalized spacial score (nSPS) is 13.1. The molecule has 0 saturated heterocycles. The molecule has 0 bridgehead atoms. The standard InChI is InChI=1S/C17H28N2O/c1-6-7-15(18)16(20)19(5)12-13-8-10-14(11-9-13)17(2,3)4/h8-11,15H,6-7,12,18H2,1-5H3/t15-/m1/s1. The van der Waals surface area contributed by atoms with E-state index in [2.05, 4.69) is 45.0 Å². The molecule has 0 aliphatic rings. The van der Waals surface area contributed by atoms with Gasteiger partial charge in [-0.1, -0.05) is 58.4 Å². The third-order valence-electron chi connectivity index (χ3n) is 3.53. The van der Waals surface area contributed by atoms with Crippen LogP contribution in [0.3, 0.4) is 0 Å². The Morgan fingerprint density at radius 1 is 1.25 bits per heavy atom. The van der Waals surface area contributed by atoms with Crippen molar-refractivity contribution in [3.63, 3.8) is 0 Å². The van der Waals surface area contributed by atoms with E-state index in [4.69, 9.17) is 5.73 Å². The number of nitrogens with zero attached hydrogens (tertiary/aromatic N) is 1. The van der Waals surface area contributed by atoms with Crippen molar-refractivity contribution in [2.24, 2.45) is 5.73 Å². The van der Waals surface area contributed by atoms with Crippen molar-refractivity contribution in [2.45, 2.75) is 58.5 Å². The Morgan fingerprint density at radius 2 is 1.80 bits per heavy atom. The first-order valence-electron chi connectivity index (χ1n) is 7.35. The number of hydrogen-bond acceptors (Lipinski definition) is 2. The lowest BCUT2D eigenvalue weighted by Crippen LogP contribution is -2.41. The summed E-state index contributed by atoms with van der Waals surface area (Å²) < 4.78 is 0. The first kappa shape index (κ1) is 16.7. The highest BCUT2D eigenvalue weighted by Gasteiger charge is 2.17. The van der Waals surface area contributed by atoms with Gasteiger partial charge in [0.1, 0.15) is 0 Å². The lowest BCUT2D eigenvalue weighted by Gasteiger charge is -2.22. The van der Waals surface area contributed by atoms with E-state index in [9.17, 15) is 4.79 Å². The minimum atomic E-state index is -0.376. The van der Waals surface area contributed by atoms with Crippen molar-refractivity contribution in [1.82, 2.24) is 4.90 Å². The van der Waals surface area contributed by atoms with Crippen LogP contribution in [-0.4, -0.2) is 23.9 Å². The molecule has 0 unspecified atom stereocenters. The van der Waals surface area contributed by atoms with E-state index in [1.165, 1.54) is 5.56 Å². The minimum Gasteiger partial charge on any atom is -0.340 e. The van der Waals surface area contributed by atoms with Crippen LogP contribution in [0.4, 0.5) is 0 Å². The molecular weight excluding hydrogens is 248 g/mol. The van der Waals surface area contributed by atoms with E-state index in [1.807, 2.05) is 14.0 Å². The molecule has 0 aliphatic carbocycles. The number of amides is 1. The molecule has 112 valence electrons. The van der Waals surface area contributed by atoms with Crippen molar-refractivity contribution in [1.29, 1.82) is 0 Å². The second kappa shape index (κ2) is 6.89. The van der Waals surface area contributed by atoms with Gasteiger partial charge in [-0.3, -0.25) is 4.79 Å². The zero-order chi connectivity index (χ0) is 15.3. The SMILES string of the molecule is CCC[C@@H](N)C(=O)N(C)Cc1ccc(C(C)(C)C)cc1. The number of likely N-dealkylation sites (N-methyl/N-ethyl adjacent to an activating group) is 1. The Labute approximate surface area is 123 Å². The van der Waals surface area contributed by atoms with E-state index >= 15 is 0 Å². The summed E-state index contributed by atoms with van der Waals surface area (Å²) in [7, 11) is 1.82. The molecule has 1 aromatic rings. The number of nitrogens with two attached hydrogens (primary N) is 1. The van der Waals surface area contributed by atoms with Gasteiger partial charge in [-0.2, -0.15) is 0 Å². The maximum Gasteiger partial charge on any atom is 0.239 e. The topological polar surface area (TPSA) is 46.3 Å². The molecule has 1 aromatic carbocycles. The Kier molecular flexibility index (Phi) is 5.75. The Morgan fingerprint density at radius 3 is 2.25 bits per heavy atom. The van der Waals surface area contributed by atoms with Gasteiger partial charge in [0.2, 0.25) is 5.91 Å². The summed E-state index contributed by atoms with van der Waals surface area (Å²) in [5.74, 6) is 0.0201. The molecule has 0 saturated carbocycles. The average molecular weight is 276 g/mol. The van der Waals surface area contributed by atoms with Crippen LogP contribution in [0, 0.1) is 0 Å². The number of carbonyl (C=O) groups is 1. The predicted molar refractivity (Wildman–Crippen MR) is 84.5 cm³/mol. The van der Waals surface area contributed by atoms with E-state index < -0.39 is 0 Å². The molecule has 3 nitrogen and oxygen atoms in total. The van der Waals surface area contributed by atoms with Gasteiger partial charge in [0, 0.05) is 13.6 Å². The van der Waals surface area contributed by atoms with Crippen LogP contribution in [0.25, 0.3) is 0 Å². The predicted octanol–water partition coefficient (Wildman–Crippen LogP) is 3.07. The van der Waals surface area contributed by atoms with Gasteiger partial charge in [-0.05, 0) is 23.0 Å². The number of carbonyl (C=O) groups excluding carboxylic acids is 1.